The van der Waals surface area contributed by atoms with Crippen LogP contribution in [0.25, 0.3) is 0 Å². The lowest BCUT2D eigenvalue weighted by molar-refractivity contribution is -0.149. The van der Waals surface area contributed by atoms with Gasteiger partial charge >= 0.3 is 12.0 Å². The van der Waals surface area contributed by atoms with Gasteiger partial charge in [-0.3, -0.25) is 9.80 Å². The Morgan fingerprint density at radius 3 is 2.00 bits per heavy atom. The van der Waals surface area contributed by atoms with Gasteiger partial charge in [0, 0.05) is 14.1 Å². The number of aliphatic carboxylic acids is 1. The van der Waals surface area contributed by atoms with Crippen LogP contribution in [0, 0.1) is 5.41 Å². The van der Waals surface area contributed by atoms with Crippen LogP contribution < -0.4 is 5.73 Å². The predicted octanol–water partition coefficient (Wildman–Crippen LogP) is -0.0455. The van der Waals surface area contributed by atoms with E-state index in [1.165, 1.54) is 23.9 Å². The van der Waals surface area contributed by atoms with Gasteiger partial charge in [0.15, 0.2) is 0 Å². The highest BCUT2D eigenvalue weighted by atomic mass is 16.4. The maximum absolute atomic E-state index is 11.0. The van der Waals surface area contributed by atoms with Crippen molar-refractivity contribution in [2.45, 2.75) is 13.8 Å². The van der Waals surface area contributed by atoms with E-state index in [1.54, 1.807) is 14.1 Å². The van der Waals surface area contributed by atoms with Crippen LogP contribution in [-0.2, 0) is 4.79 Å². The van der Waals surface area contributed by atoms with Crippen molar-refractivity contribution in [3.63, 3.8) is 0 Å². The highest BCUT2D eigenvalue weighted by molar-refractivity contribution is 5.76. The molecule has 0 atom stereocenters. The fraction of sp³-hybridized carbons (Fsp3) is 0.750. The van der Waals surface area contributed by atoms with Crippen LogP contribution in [0.5, 0.6) is 0 Å². The molecule has 0 rings (SSSR count). The van der Waals surface area contributed by atoms with Crippen LogP contribution in [0.15, 0.2) is 0 Å². The van der Waals surface area contributed by atoms with Crippen LogP contribution in [-0.4, -0.2) is 47.8 Å². The number of nitrogens with zero attached hydrogens (tertiary/aromatic N) is 2. The number of carboxylic acids is 1. The minimum absolute atomic E-state index is 0.0463. The number of primary amides is 1. The molecule has 0 radical (unpaired) electrons. The normalized spacial score (nSPS) is 11.5. The Balaban J connectivity index is 4.61. The second-order valence-corrected chi connectivity index (χ2v) is 3.93. The maximum Gasteiger partial charge on any atom is 0.329 e. The first kappa shape index (κ1) is 12.7. The fourth-order valence-electron chi connectivity index (χ4n) is 0.859. The van der Waals surface area contributed by atoms with Gasteiger partial charge < -0.3 is 10.8 Å². The Labute approximate surface area is 83.2 Å². The molecule has 0 spiro atoms. The van der Waals surface area contributed by atoms with E-state index in [9.17, 15) is 9.59 Å². The van der Waals surface area contributed by atoms with Crippen molar-refractivity contribution in [3.8, 4) is 0 Å². The summed E-state index contributed by atoms with van der Waals surface area (Å²) in [5, 5.41) is 11.5. The average molecular weight is 203 g/mol. The first-order valence-corrected chi connectivity index (χ1v) is 4.16. The molecule has 0 unspecified atom stereocenters. The number of urea groups is 1. The van der Waals surface area contributed by atoms with Crippen molar-refractivity contribution in [1.29, 1.82) is 0 Å². The lowest BCUT2D eigenvalue weighted by Gasteiger charge is -2.32. The van der Waals surface area contributed by atoms with Gasteiger partial charge in [-0.05, 0) is 13.8 Å². The van der Waals surface area contributed by atoms with Gasteiger partial charge in [-0.2, -0.15) is 0 Å². The summed E-state index contributed by atoms with van der Waals surface area (Å²) in [6, 6.07) is -0.663. The summed E-state index contributed by atoms with van der Waals surface area (Å²) in [5.74, 6) is -0.967. The highest BCUT2D eigenvalue weighted by Gasteiger charge is 2.32. The molecule has 0 aliphatic heterocycles. The molecule has 0 saturated heterocycles. The SMILES string of the molecule is CN(C)N(CC(C)(C)C(=O)O)C(N)=O. The second kappa shape index (κ2) is 4.28. The lowest BCUT2D eigenvalue weighted by Crippen LogP contribution is -2.51. The topological polar surface area (TPSA) is 86.9 Å². The van der Waals surface area contributed by atoms with E-state index in [0.717, 1.165) is 0 Å². The van der Waals surface area contributed by atoms with Gasteiger partial charge in [0.25, 0.3) is 0 Å². The molecule has 0 aromatic rings. The Kier molecular flexibility index (Phi) is 3.88. The molecule has 0 aliphatic rings. The maximum atomic E-state index is 11.0. The standard InChI is InChI=1S/C8H17N3O3/c1-8(2,6(12)13)5-11(7(9)14)10(3)4/h5H2,1-4H3,(H2,9,14)(H,12,13). The zero-order valence-electron chi connectivity index (χ0n) is 8.94. The number of hydrogen-bond acceptors (Lipinski definition) is 3. The third-order valence-electron chi connectivity index (χ3n) is 1.86. The average Bonchev–Trinajstić information content (AvgIpc) is 1.98. The van der Waals surface area contributed by atoms with Crippen LogP contribution >= 0.6 is 0 Å². The van der Waals surface area contributed by atoms with Crippen LogP contribution in [0.2, 0.25) is 0 Å². The number of carbonyl (C=O) groups excluding carboxylic acids is 1. The Morgan fingerprint density at radius 1 is 1.36 bits per heavy atom. The molecule has 3 N–H and O–H groups in total. The van der Waals surface area contributed by atoms with Crippen LogP contribution in [0.1, 0.15) is 13.8 Å². The Morgan fingerprint density at radius 2 is 1.79 bits per heavy atom. The van der Waals surface area contributed by atoms with E-state index in [4.69, 9.17) is 10.8 Å². The van der Waals surface area contributed by atoms with Gasteiger partial charge in [0.1, 0.15) is 0 Å². The van der Waals surface area contributed by atoms with Gasteiger partial charge in [-0.1, -0.05) is 0 Å². The molecule has 0 heterocycles. The molecule has 0 aromatic carbocycles. The molecule has 82 valence electrons. The molecule has 0 aliphatic carbocycles. The number of carbonyl (C=O) groups is 2. The quantitative estimate of drug-likeness (QED) is 0.627. The number of amides is 2. The zero-order chi connectivity index (χ0) is 11.5. The third-order valence-corrected chi connectivity index (χ3v) is 1.86. The largest absolute Gasteiger partial charge is 0.481 e. The second-order valence-electron chi connectivity index (χ2n) is 3.93. The summed E-state index contributed by atoms with van der Waals surface area (Å²) < 4.78 is 0. The third kappa shape index (κ3) is 3.21. The molecule has 0 fully saturated rings. The van der Waals surface area contributed by atoms with Crippen molar-refractivity contribution in [2.75, 3.05) is 20.6 Å². The van der Waals surface area contributed by atoms with E-state index in [-0.39, 0.29) is 6.54 Å². The Bertz CT molecular complexity index is 238. The number of carboxylic acid groups (broad SMARTS) is 1. The summed E-state index contributed by atoms with van der Waals surface area (Å²) in [7, 11) is 3.26. The molecule has 2 amide bonds. The molecule has 14 heavy (non-hydrogen) atoms. The summed E-state index contributed by atoms with van der Waals surface area (Å²) >= 11 is 0. The molecule has 0 aromatic heterocycles. The molecule has 0 saturated carbocycles. The van der Waals surface area contributed by atoms with Gasteiger partial charge in [0.05, 0.1) is 12.0 Å². The number of hydrogen-bond donors (Lipinski definition) is 2. The zero-order valence-corrected chi connectivity index (χ0v) is 8.94. The van der Waals surface area contributed by atoms with E-state index >= 15 is 0 Å². The van der Waals surface area contributed by atoms with Gasteiger partial charge in [-0.15, -0.1) is 0 Å². The first-order chi connectivity index (χ1) is 6.18. The van der Waals surface area contributed by atoms with Crippen LogP contribution in [0.4, 0.5) is 4.79 Å². The van der Waals surface area contributed by atoms with Crippen LogP contribution in [0.3, 0.4) is 0 Å². The van der Waals surface area contributed by atoms with E-state index in [1.807, 2.05) is 0 Å². The fourth-order valence-corrected chi connectivity index (χ4v) is 0.859. The molecule has 0 bridgehead atoms. The summed E-state index contributed by atoms with van der Waals surface area (Å²) in [6.45, 7) is 3.12. The minimum Gasteiger partial charge on any atom is -0.481 e. The summed E-state index contributed by atoms with van der Waals surface area (Å²) in [5.41, 5.74) is 4.08. The minimum atomic E-state index is -1.01. The molecular weight excluding hydrogens is 186 g/mol. The van der Waals surface area contributed by atoms with Crippen molar-refractivity contribution < 1.29 is 14.7 Å². The first-order valence-electron chi connectivity index (χ1n) is 4.16. The smallest absolute Gasteiger partial charge is 0.329 e. The monoisotopic (exact) mass is 203 g/mol. The summed E-state index contributed by atoms with van der Waals surface area (Å²) in [4.78, 5) is 21.8. The predicted molar refractivity (Wildman–Crippen MR) is 51.4 cm³/mol. The van der Waals surface area contributed by atoms with E-state index < -0.39 is 17.4 Å². The number of nitrogens with two attached hydrogens (primary N) is 1. The lowest BCUT2D eigenvalue weighted by atomic mass is 9.94. The summed E-state index contributed by atoms with van der Waals surface area (Å²) in [6.07, 6.45) is 0. The van der Waals surface area contributed by atoms with Crippen molar-refractivity contribution in [1.82, 2.24) is 10.0 Å². The molecular formula is C8H17N3O3. The van der Waals surface area contributed by atoms with Gasteiger partial charge in [-0.25, -0.2) is 9.80 Å². The molecule has 6 nitrogen and oxygen atoms in total. The van der Waals surface area contributed by atoms with Crippen molar-refractivity contribution >= 4 is 12.0 Å². The molecule has 6 heteroatoms. The van der Waals surface area contributed by atoms with E-state index in [0.29, 0.717) is 0 Å². The van der Waals surface area contributed by atoms with Crippen molar-refractivity contribution in [2.24, 2.45) is 11.1 Å². The number of rotatable bonds is 4. The van der Waals surface area contributed by atoms with Crippen molar-refractivity contribution in [3.05, 3.63) is 0 Å². The number of hydrazine groups is 1. The van der Waals surface area contributed by atoms with E-state index in [2.05, 4.69) is 0 Å². The Hall–Kier alpha value is -1.30. The highest BCUT2D eigenvalue weighted by Crippen LogP contribution is 2.17. The van der Waals surface area contributed by atoms with Gasteiger partial charge in [0.2, 0.25) is 0 Å².